The summed E-state index contributed by atoms with van der Waals surface area (Å²) in [6.45, 7) is 8.33. The third-order valence-electron chi connectivity index (χ3n) is 4.36. The third kappa shape index (κ3) is 4.24. The first-order valence-electron chi connectivity index (χ1n) is 7.59. The summed E-state index contributed by atoms with van der Waals surface area (Å²) >= 11 is 0. The van der Waals surface area contributed by atoms with E-state index in [4.69, 9.17) is 4.74 Å². The number of nitrogens with one attached hydrogen (secondary N) is 1. The molecule has 1 aliphatic carbocycles. The van der Waals surface area contributed by atoms with Crippen LogP contribution in [-0.2, 0) is 0 Å². The molecule has 0 amide bonds. The Bertz CT molecular complexity index is 394. The van der Waals surface area contributed by atoms with Crippen LogP contribution in [0.5, 0.6) is 5.75 Å². The summed E-state index contributed by atoms with van der Waals surface area (Å²) in [5.74, 6) is 1.95. The van der Waals surface area contributed by atoms with Crippen LogP contribution in [0.4, 0.5) is 0 Å². The van der Waals surface area contributed by atoms with Gasteiger partial charge in [-0.05, 0) is 62.6 Å². The fraction of sp³-hybridized carbons (Fsp3) is 0.647. The number of benzene rings is 1. The molecular formula is C17H27NO. The molecule has 0 saturated heterocycles. The molecular weight excluding hydrogens is 234 g/mol. The zero-order valence-electron chi connectivity index (χ0n) is 12.5. The van der Waals surface area contributed by atoms with Crippen molar-refractivity contribution in [3.63, 3.8) is 0 Å². The maximum Gasteiger partial charge on any atom is 0.122 e. The van der Waals surface area contributed by atoms with E-state index < -0.39 is 0 Å². The van der Waals surface area contributed by atoms with Crippen LogP contribution in [0.25, 0.3) is 0 Å². The Hall–Kier alpha value is -1.02. The third-order valence-corrected chi connectivity index (χ3v) is 4.36. The van der Waals surface area contributed by atoms with Gasteiger partial charge < -0.3 is 10.1 Å². The lowest BCUT2D eigenvalue weighted by atomic mass is 9.87. The molecule has 1 saturated carbocycles. The van der Waals surface area contributed by atoms with Gasteiger partial charge in [0.15, 0.2) is 0 Å². The molecule has 1 aliphatic rings. The second-order valence-electron chi connectivity index (χ2n) is 5.96. The molecule has 0 radical (unpaired) electrons. The smallest absolute Gasteiger partial charge is 0.122 e. The van der Waals surface area contributed by atoms with Crippen molar-refractivity contribution in [3.05, 3.63) is 29.3 Å². The van der Waals surface area contributed by atoms with Crippen molar-refractivity contribution in [2.45, 2.75) is 52.5 Å². The number of hydrogen-bond acceptors (Lipinski definition) is 2. The molecule has 0 spiro atoms. The van der Waals surface area contributed by atoms with Gasteiger partial charge in [-0.3, -0.25) is 0 Å². The van der Waals surface area contributed by atoms with Gasteiger partial charge in [0.05, 0.1) is 0 Å². The predicted molar refractivity (Wildman–Crippen MR) is 80.8 cm³/mol. The van der Waals surface area contributed by atoms with Crippen molar-refractivity contribution in [3.8, 4) is 5.75 Å². The first-order chi connectivity index (χ1) is 9.16. The normalized spacial score (nSPS) is 23.3. The van der Waals surface area contributed by atoms with Crippen LogP contribution in [0, 0.1) is 19.8 Å². The van der Waals surface area contributed by atoms with E-state index in [2.05, 4.69) is 44.3 Å². The van der Waals surface area contributed by atoms with E-state index in [0.717, 1.165) is 24.8 Å². The van der Waals surface area contributed by atoms with Crippen LogP contribution in [0.1, 0.15) is 43.7 Å². The summed E-state index contributed by atoms with van der Waals surface area (Å²) < 4.78 is 5.87. The highest BCUT2D eigenvalue weighted by molar-refractivity contribution is 5.38. The van der Waals surface area contributed by atoms with E-state index in [1.807, 2.05) is 0 Å². The molecule has 0 atom stereocenters. The zero-order valence-corrected chi connectivity index (χ0v) is 12.5. The molecule has 1 fully saturated rings. The van der Waals surface area contributed by atoms with Gasteiger partial charge in [-0.25, -0.2) is 0 Å². The SMILES string of the molecule is Cc1cccc(OCCNC2CCC(C)CC2)c1C. The van der Waals surface area contributed by atoms with E-state index in [1.165, 1.54) is 36.8 Å². The summed E-state index contributed by atoms with van der Waals surface area (Å²) in [4.78, 5) is 0. The average molecular weight is 261 g/mol. The van der Waals surface area contributed by atoms with Gasteiger partial charge in [0.2, 0.25) is 0 Å². The lowest BCUT2D eigenvalue weighted by Gasteiger charge is -2.27. The molecule has 0 bridgehead atoms. The summed E-state index contributed by atoms with van der Waals surface area (Å²) in [7, 11) is 0. The van der Waals surface area contributed by atoms with Crippen LogP contribution in [0.15, 0.2) is 18.2 Å². The van der Waals surface area contributed by atoms with Gasteiger partial charge in [-0.15, -0.1) is 0 Å². The Labute approximate surface area is 117 Å². The summed E-state index contributed by atoms with van der Waals surface area (Å²) in [6.07, 6.45) is 5.39. The fourth-order valence-electron chi connectivity index (χ4n) is 2.77. The predicted octanol–water partition coefficient (Wildman–Crippen LogP) is 3.85. The highest BCUT2D eigenvalue weighted by Gasteiger charge is 2.17. The van der Waals surface area contributed by atoms with Crippen molar-refractivity contribution in [1.82, 2.24) is 5.32 Å². The van der Waals surface area contributed by atoms with Crippen LogP contribution < -0.4 is 10.1 Å². The minimum Gasteiger partial charge on any atom is -0.492 e. The summed E-state index contributed by atoms with van der Waals surface area (Å²) in [6, 6.07) is 6.96. The number of aryl methyl sites for hydroxylation is 1. The second kappa shape index (κ2) is 6.95. The molecule has 1 N–H and O–H groups in total. The van der Waals surface area contributed by atoms with E-state index in [1.54, 1.807) is 0 Å². The van der Waals surface area contributed by atoms with Crippen molar-refractivity contribution in [2.24, 2.45) is 5.92 Å². The Morgan fingerprint density at radius 2 is 1.89 bits per heavy atom. The van der Waals surface area contributed by atoms with Crippen molar-refractivity contribution >= 4 is 0 Å². The monoisotopic (exact) mass is 261 g/mol. The van der Waals surface area contributed by atoms with E-state index in [0.29, 0.717) is 6.04 Å². The zero-order chi connectivity index (χ0) is 13.7. The number of hydrogen-bond donors (Lipinski definition) is 1. The van der Waals surface area contributed by atoms with Crippen LogP contribution in [0.2, 0.25) is 0 Å². The van der Waals surface area contributed by atoms with E-state index in [9.17, 15) is 0 Å². The number of ether oxygens (including phenoxy) is 1. The topological polar surface area (TPSA) is 21.3 Å². The highest BCUT2D eigenvalue weighted by atomic mass is 16.5. The largest absolute Gasteiger partial charge is 0.492 e. The lowest BCUT2D eigenvalue weighted by Crippen LogP contribution is -2.35. The minimum absolute atomic E-state index is 0.707. The van der Waals surface area contributed by atoms with Gasteiger partial charge in [-0.1, -0.05) is 19.1 Å². The Kier molecular flexibility index (Phi) is 5.26. The van der Waals surface area contributed by atoms with E-state index >= 15 is 0 Å². The highest BCUT2D eigenvalue weighted by Crippen LogP contribution is 2.23. The summed E-state index contributed by atoms with van der Waals surface area (Å²) in [5.41, 5.74) is 2.56. The molecule has 106 valence electrons. The minimum atomic E-state index is 0.707. The quantitative estimate of drug-likeness (QED) is 0.813. The van der Waals surface area contributed by atoms with Gasteiger partial charge in [0, 0.05) is 12.6 Å². The Morgan fingerprint density at radius 1 is 1.16 bits per heavy atom. The van der Waals surface area contributed by atoms with Gasteiger partial charge in [-0.2, -0.15) is 0 Å². The van der Waals surface area contributed by atoms with Gasteiger partial charge in [0.1, 0.15) is 12.4 Å². The van der Waals surface area contributed by atoms with Crippen molar-refractivity contribution in [1.29, 1.82) is 0 Å². The Balaban J connectivity index is 1.68. The average Bonchev–Trinajstić information content (AvgIpc) is 2.41. The molecule has 0 aromatic heterocycles. The van der Waals surface area contributed by atoms with E-state index in [-0.39, 0.29) is 0 Å². The molecule has 1 aromatic carbocycles. The molecule has 2 rings (SSSR count). The molecule has 2 heteroatoms. The molecule has 19 heavy (non-hydrogen) atoms. The first-order valence-corrected chi connectivity index (χ1v) is 7.59. The molecule has 0 aliphatic heterocycles. The number of rotatable bonds is 5. The van der Waals surface area contributed by atoms with Crippen LogP contribution in [0.3, 0.4) is 0 Å². The fourth-order valence-corrected chi connectivity index (χ4v) is 2.77. The second-order valence-corrected chi connectivity index (χ2v) is 5.96. The molecule has 2 nitrogen and oxygen atoms in total. The molecule has 0 unspecified atom stereocenters. The maximum absolute atomic E-state index is 5.87. The van der Waals surface area contributed by atoms with Crippen LogP contribution in [-0.4, -0.2) is 19.2 Å². The molecule has 1 aromatic rings. The van der Waals surface area contributed by atoms with Crippen LogP contribution >= 0.6 is 0 Å². The van der Waals surface area contributed by atoms with Crippen molar-refractivity contribution in [2.75, 3.05) is 13.2 Å². The van der Waals surface area contributed by atoms with Crippen molar-refractivity contribution < 1.29 is 4.74 Å². The molecule has 0 heterocycles. The Morgan fingerprint density at radius 3 is 2.63 bits per heavy atom. The van der Waals surface area contributed by atoms with Gasteiger partial charge in [0.25, 0.3) is 0 Å². The van der Waals surface area contributed by atoms with Gasteiger partial charge >= 0.3 is 0 Å². The maximum atomic E-state index is 5.87. The standard InChI is InChI=1S/C17H27NO/c1-13-7-9-16(10-8-13)18-11-12-19-17-6-4-5-14(2)15(17)3/h4-6,13,16,18H,7-12H2,1-3H3. The lowest BCUT2D eigenvalue weighted by molar-refractivity contribution is 0.269. The summed E-state index contributed by atoms with van der Waals surface area (Å²) in [5, 5.41) is 3.62. The first kappa shape index (κ1) is 14.4.